The molecule has 1 aromatic rings. The highest BCUT2D eigenvalue weighted by Gasteiger charge is 2.25. The summed E-state index contributed by atoms with van der Waals surface area (Å²) in [5.74, 6) is 0.482. The Morgan fingerprint density at radius 1 is 1.67 bits per heavy atom. The molecule has 0 spiro atoms. The van der Waals surface area contributed by atoms with E-state index >= 15 is 0 Å². The molecular formula is C11H18N4O3. The highest BCUT2D eigenvalue weighted by molar-refractivity contribution is 5.59. The summed E-state index contributed by atoms with van der Waals surface area (Å²) in [6.07, 6.45) is 2.20. The number of aromatic nitrogens is 2. The lowest BCUT2D eigenvalue weighted by Gasteiger charge is -2.12. The maximum absolute atomic E-state index is 11.0. The number of ether oxygens (including phenoxy) is 1. The molecule has 1 atom stereocenters. The molecule has 1 fully saturated rings. The summed E-state index contributed by atoms with van der Waals surface area (Å²) in [6, 6.07) is 0. The molecule has 0 aliphatic carbocycles. The van der Waals surface area contributed by atoms with Gasteiger partial charge in [0.2, 0.25) is 5.82 Å². The first-order valence-corrected chi connectivity index (χ1v) is 6.20. The van der Waals surface area contributed by atoms with E-state index in [1.165, 1.54) is 0 Å². The minimum absolute atomic E-state index is 0.0647. The molecular weight excluding hydrogens is 236 g/mol. The Kier molecular flexibility index (Phi) is 3.81. The van der Waals surface area contributed by atoms with Crippen molar-refractivity contribution in [1.82, 2.24) is 9.78 Å². The molecule has 1 N–H and O–H groups in total. The summed E-state index contributed by atoms with van der Waals surface area (Å²) in [5, 5.41) is 18.3. The number of hydrogen-bond donors (Lipinski definition) is 1. The predicted octanol–water partition coefficient (Wildman–Crippen LogP) is 1.71. The van der Waals surface area contributed by atoms with Crippen molar-refractivity contribution in [3.63, 3.8) is 0 Å². The number of nitrogens with zero attached hydrogens (tertiary/aromatic N) is 3. The highest BCUT2D eigenvalue weighted by Crippen LogP contribution is 2.28. The van der Waals surface area contributed by atoms with Crippen LogP contribution >= 0.6 is 0 Å². The minimum Gasteiger partial charge on any atom is -0.376 e. The van der Waals surface area contributed by atoms with E-state index in [0.717, 1.165) is 19.4 Å². The number of aryl methyl sites for hydroxylation is 2. The van der Waals surface area contributed by atoms with E-state index in [9.17, 15) is 10.1 Å². The summed E-state index contributed by atoms with van der Waals surface area (Å²) >= 11 is 0. The quantitative estimate of drug-likeness (QED) is 0.639. The van der Waals surface area contributed by atoms with Gasteiger partial charge >= 0.3 is 5.69 Å². The van der Waals surface area contributed by atoms with E-state index in [4.69, 9.17) is 4.74 Å². The van der Waals surface area contributed by atoms with E-state index in [1.54, 1.807) is 11.6 Å². The first-order chi connectivity index (χ1) is 8.63. The molecule has 1 aromatic heterocycles. The number of nitro groups is 1. The van der Waals surface area contributed by atoms with E-state index in [1.807, 2.05) is 6.92 Å². The van der Waals surface area contributed by atoms with Crippen molar-refractivity contribution in [2.24, 2.45) is 0 Å². The molecule has 1 saturated heterocycles. The molecule has 0 amide bonds. The van der Waals surface area contributed by atoms with Gasteiger partial charge in [-0.05, 0) is 26.7 Å². The average molecular weight is 254 g/mol. The lowest BCUT2D eigenvalue weighted by atomic mass is 10.2. The molecule has 0 aromatic carbocycles. The maximum Gasteiger partial charge on any atom is 0.333 e. The second-order valence-electron chi connectivity index (χ2n) is 4.37. The second kappa shape index (κ2) is 5.34. The minimum atomic E-state index is -0.383. The van der Waals surface area contributed by atoms with Crippen LogP contribution in [0, 0.1) is 17.0 Å². The van der Waals surface area contributed by atoms with Crippen molar-refractivity contribution < 1.29 is 9.66 Å². The summed E-state index contributed by atoms with van der Waals surface area (Å²) in [4.78, 5) is 10.7. The van der Waals surface area contributed by atoms with Crippen LogP contribution in [0.2, 0.25) is 0 Å². The van der Waals surface area contributed by atoms with E-state index in [0.29, 0.717) is 24.6 Å². The SMILES string of the molecule is CCn1nc(C)c([N+](=O)[O-])c1NCC1CCCO1. The van der Waals surface area contributed by atoms with Gasteiger partial charge in [-0.25, -0.2) is 4.68 Å². The van der Waals surface area contributed by atoms with Gasteiger partial charge in [-0.2, -0.15) is 5.10 Å². The van der Waals surface area contributed by atoms with Gasteiger partial charge in [0.1, 0.15) is 5.69 Å². The first kappa shape index (κ1) is 12.8. The third-order valence-corrected chi connectivity index (χ3v) is 3.10. The van der Waals surface area contributed by atoms with Crippen LogP contribution < -0.4 is 5.32 Å². The van der Waals surface area contributed by atoms with Crippen molar-refractivity contribution in [2.45, 2.75) is 39.3 Å². The Hall–Kier alpha value is -1.63. The normalized spacial score (nSPS) is 19.1. The van der Waals surface area contributed by atoms with Crippen LogP contribution in [0.5, 0.6) is 0 Å². The summed E-state index contributed by atoms with van der Waals surface area (Å²) in [5.41, 5.74) is 0.506. The Morgan fingerprint density at radius 3 is 3.00 bits per heavy atom. The number of nitrogens with one attached hydrogen (secondary N) is 1. The van der Waals surface area contributed by atoms with Crippen molar-refractivity contribution in [2.75, 3.05) is 18.5 Å². The van der Waals surface area contributed by atoms with Gasteiger partial charge < -0.3 is 10.1 Å². The molecule has 18 heavy (non-hydrogen) atoms. The average Bonchev–Trinajstić information content (AvgIpc) is 2.92. The second-order valence-corrected chi connectivity index (χ2v) is 4.37. The lowest BCUT2D eigenvalue weighted by molar-refractivity contribution is -0.384. The van der Waals surface area contributed by atoms with Crippen molar-refractivity contribution >= 4 is 11.5 Å². The van der Waals surface area contributed by atoms with E-state index < -0.39 is 0 Å². The molecule has 0 bridgehead atoms. The third-order valence-electron chi connectivity index (χ3n) is 3.10. The van der Waals surface area contributed by atoms with Gasteiger partial charge in [0.25, 0.3) is 0 Å². The van der Waals surface area contributed by atoms with Gasteiger partial charge in [-0.1, -0.05) is 0 Å². The summed E-state index contributed by atoms with van der Waals surface area (Å²) < 4.78 is 7.12. The molecule has 1 unspecified atom stereocenters. The highest BCUT2D eigenvalue weighted by atomic mass is 16.6. The van der Waals surface area contributed by atoms with Crippen LogP contribution in [0.1, 0.15) is 25.5 Å². The molecule has 0 saturated carbocycles. The Balaban J connectivity index is 2.15. The fraction of sp³-hybridized carbons (Fsp3) is 0.727. The molecule has 0 radical (unpaired) electrons. The van der Waals surface area contributed by atoms with E-state index in [-0.39, 0.29) is 16.7 Å². The zero-order valence-electron chi connectivity index (χ0n) is 10.7. The topological polar surface area (TPSA) is 82.2 Å². The maximum atomic E-state index is 11.0. The van der Waals surface area contributed by atoms with Crippen LogP contribution in [0.15, 0.2) is 0 Å². The predicted molar refractivity (Wildman–Crippen MR) is 66.8 cm³/mol. The summed E-state index contributed by atoms with van der Waals surface area (Å²) in [6.45, 7) is 5.53. The Morgan fingerprint density at radius 2 is 2.44 bits per heavy atom. The molecule has 100 valence electrons. The van der Waals surface area contributed by atoms with Crippen molar-refractivity contribution in [3.05, 3.63) is 15.8 Å². The fourth-order valence-electron chi connectivity index (χ4n) is 2.21. The molecule has 1 aliphatic rings. The Labute approximate surface area is 105 Å². The van der Waals surface area contributed by atoms with Crippen LogP contribution in [0.3, 0.4) is 0 Å². The molecule has 2 rings (SSSR count). The van der Waals surface area contributed by atoms with E-state index in [2.05, 4.69) is 10.4 Å². The third kappa shape index (κ3) is 2.45. The van der Waals surface area contributed by atoms with Crippen LogP contribution in [-0.2, 0) is 11.3 Å². The Bertz CT molecular complexity index is 438. The van der Waals surface area contributed by atoms with Crippen LogP contribution in [0.4, 0.5) is 11.5 Å². The van der Waals surface area contributed by atoms with Crippen molar-refractivity contribution in [1.29, 1.82) is 0 Å². The zero-order chi connectivity index (χ0) is 13.1. The van der Waals surface area contributed by atoms with Crippen LogP contribution in [-0.4, -0.2) is 34.0 Å². The van der Waals surface area contributed by atoms with Crippen LogP contribution in [0.25, 0.3) is 0 Å². The van der Waals surface area contributed by atoms with Gasteiger partial charge in [0.15, 0.2) is 0 Å². The molecule has 2 heterocycles. The smallest absolute Gasteiger partial charge is 0.333 e. The monoisotopic (exact) mass is 254 g/mol. The van der Waals surface area contributed by atoms with Gasteiger partial charge in [-0.3, -0.25) is 10.1 Å². The standard InChI is InChI=1S/C11H18N4O3/c1-3-14-11(10(15(16)17)8(2)13-14)12-7-9-5-4-6-18-9/h9,12H,3-7H2,1-2H3. The molecule has 7 nitrogen and oxygen atoms in total. The zero-order valence-corrected chi connectivity index (χ0v) is 10.7. The van der Waals surface area contributed by atoms with Gasteiger partial charge in [0.05, 0.1) is 11.0 Å². The number of hydrogen-bond acceptors (Lipinski definition) is 5. The molecule has 1 aliphatic heterocycles. The summed E-state index contributed by atoms with van der Waals surface area (Å²) in [7, 11) is 0. The largest absolute Gasteiger partial charge is 0.376 e. The van der Waals surface area contributed by atoms with Gasteiger partial charge in [0, 0.05) is 19.7 Å². The molecule has 7 heteroatoms. The van der Waals surface area contributed by atoms with Crippen molar-refractivity contribution in [3.8, 4) is 0 Å². The number of anilines is 1. The number of rotatable bonds is 5. The van der Waals surface area contributed by atoms with Gasteiger partial charge in [-0.15, -0.1) is 0 Å². The fourth-order valence-corrected chi connectivity index (χ4v) is 2.21. The lowest BCUT2D eigenvalue weighted by Crippen LogP contribution is -2.20. The first-order valence-electron chi connectivity index (χ1n) is 6.20.